The van der Waals surface area contributed by atoms with Gasteiger partial charge in [-0.3, -0.25) is 0 Å². The minimum Gasteiger partial charge on any atom is -0.455 e. The zero-order valence-electron chi connectivity index (χ0n) is 34.7. The molecule has 13 rings (SSSR count). The summed E-state index contributed by atoms with van der Waals surface area (Å²) in [7, 11) is 0. The van der Waals surface area contributed by atoms with Crippen molar-refractivity contribution >= 4 is 82.7 Å². The van der Waals surface area contributed by atoms with Gasteiger partial charge in [-0.05, 0) is 83.4 Å². The lowest BCUT2D eigenvalue weighted by molar-refractivity contribution is 0.669. The zero-order chi connectivity index (χ0) is 42.1. The first kappa shape index (κ1) is 36.1. The van der Waals surface area contributed by atoms with E-state index in [0.29, 0.717) is 0 Å². The molecule has 0 atom stereocenters. The lowest BCUT2D eigenvalue weighted by Gasteiger charge is -2.30. The summed E-state index contributed by atoms with van der Waals surface area (Å²) < 4.78 is 16.0. The normalized spacial score (nSPS) is 11.8. The maximum atomic E-state index is 6.95. The Hall–Kier alpha value is -8.60. The molecule has 4 heteroatoms. The van der Waals surface area contributed by atoms with Gasteiger partial charge in [0.2, 0.25) is 0 Å². The summed E-state index contributed by atoms with van der Waals surface area (Å²) in [6.45, 7) is 0. The molecule has 0 unspecified atom stereocenters. The van der Waals surface area contributed by atoms with Crippen molar-refractivity contribution in [1.82, 2.24) is 4.57 Å². The van der Waals surface area contributed by atoms with Crippen LogP contribution in [-0.4, -0.2) is 4.57 Å². The van der Waals surface area contributed by atoms with Crippen LogP contribution in [0, 0.1) is 0 Å². The number of fused-ring (bicyclic) bond motifs is 9. The second-order valence-corrected chi connectivity index (χ2v) is 16.4. The van der Waals surface area contributed by atoms with Crippen molar-refractivity contribution in [2.24, 2.45) is 0 Å². The van der Waals surface area contributed by atoms with E-state index in [9.17, 15) is 0 Å². The predicted molar refractivity (Wildman–Crippen MR) is 266 cm³/mol. The van der Waals surface area contributed by atoms with Crippen molar-refractivity contribution in [1.29, 1.82) is 0 Å². The van der Waals surface area contributed by atoms with Crippen LogP contribution < -0.4 is 4.90 Å². The first-order chi connectivity index (χ1) is 31.8. The second-order valence-electron chi connectivity index (χ2n) is 16.4. The molecule has 64 heavy (non-hydrogen) atoms. The van der Waals surface area contributed by atoms with Gasteiger partial charge in [0.25, 0.3) is 0 Å². The molecule has 0 aliphatic rings. The molecule has 0 bridgehead atoms. The molecule has 0 aliphatic carbocycles. The van der Waals surface area contributed by atoms with Crippen LogP contribution in [-0.2, 0) is 0 Å². The van der Waals surface area contributed by atoms with Crippen LogP contribution in [0.15, 0.2) is 239 Å². The summed E-state index contributed by atoms with van der Waals surface area (Å²) in [5, 5.41) is 6.83. The van der Waals surface area contributed by atoms with E-state index in [1.54, 1.807) is 0 Å². The van der Waals surface area contributed by atoms with Gasteiger partial charge in [-0.25, -0.2) is 0 Å². The van der Waals surface area contributed by atoms with Gasteiger partial charge in [-0.15, -0.1) is 0 Å². The number of nitrogens with zero attached hydrogens (tertiary/aromatic N) is 2. The third-order valence-corrected chi connectivity index (χ3v) is 12.8. The summed E-state index contributed by atoms with van der Waals surface area (Å²) in [5.74, 6) is 0. The van der Waals surface area contributed by atoms with E-state index >= 15 is 0 Å². The number of hydrogen-bond donors (Lipinski definition) is 0. The average Bonchev–Trinajstić information content (AvgIpc) is 4.05. The molecule has 0 aliphatic heterocycles. The number of furan rings is 2. The minimum absolute atomic E-state index is 0.839. The minimum atomic E-state index is 0.839. The van der Waals surface area contributed by atoms with Crippen molar-refractivity contribution in [3.63, 3.8) is 0 Å². The van der Waals surface area contributed by atoms with Gasteiger partial charge < -0.3 is 18.3 Å². The Bertz CT molecular complexity index is 3840. The lowest BCUT2D eigenvalue weighted by atomic mass is 9.96. The fourth-order valence-corrected chi connectivity index (χ4v) is 9.92. The Morgan fingerprint density at radius 2 is 0.828 bits per heavy atom. The molecule has 10 aromatic carbocycles. The van der Waals surface area contributed by atoms with Gasteiger partial charge in [0.05, 0.1) is 22.4 Å². The van der Waals surface area contributed by atoms with Gasteiger partial charge in [0.15, 0.2) is 0 Å². The van der Waals surface area contributed by atoms with E-state index < -0.39 is 0 Å². The highest BCUT2D eigenvalue weighted by Gasteiger charge is 2.26. The van der Waals surface area contributed by atoms with Crippen LogP contribution in [0.25, 0.3) is 105 Å². The van der Waals surface area contributed by atoms with Crippen LogP contribution in [0.1, 0.15) is 0 Å². The van der Waals surface area contributed by atoms with Gasteiger partial charge in [0, 0.05) is 60.4 Å². The summed E-state index contributed by atoms with van der Waals surface area (Å²) in [5.41, 5.74) is 16.4. The van der Waals surface area contributed by atoms with Crippen LogP contribution in [0.4, 0.5) is 17.1 Å². The Balaban J connectivity index is 1.07. The van der Waals surface area contributed by atoms with Gasteiger partial charge in [0.1, 0.15) is 22.3 Å². The fraction of sp³-hybridized carbons (Fsp3) is 0. The highest BCUT2D eigenvalue weighted by atomic mass is 16.3. The predicted octanol–water partition coefficient (Wildman–Crippen LogP) is 17.1. The highest BCUT2D eigenvalue weighted by molar-refractivity contribution is 6.15. The largest absolute Gasteiger partial charge is 0.455 e. The lowest BCUT2D eigenvalue weighted by Crippen LogP contribution is -2.12. The zero-order valence-corrected chi connectivity index (χ0v) is 34.7. The molecular weight excluding hydrogens is 781 g/mol. The summed E-state index contributed by atoms with van der Waals surface area (Å²) >= 11 is 0. The second kappa shape index (κ2) is 14.5. The maximum absolute atomic E-state index is 6.95. The van der Waals surface area contributed by atoms with Crippen molar-refractivity contribution < 1.29 is 8.83 Å². The van der Waals surface area contributed by atoms with Crippen LogP contribution >= 0.6 is 0 Å². The molecule has 0 radical (unpaired) electrons. The van der Waals surface area contributed by atoms with E-state index in [-0.39, 0.29) is 0 Å². The Morgan fingerprint density at radius 3 is 1.53 bits per heavy atom. The highest BCUT2D eigenvalue weighted by Crippen LogP contribution is 2.50. The molecule has 0 saturated carbocycles. The molecule has 0 N–H and O–H groups in total. The van der Waals surface area contributed by atoms with Crippen LogP contribution in [0.5, 0.6) is 0 Å². The molecule has 3 aromatic heterocycles. The van der Waals surface area contributed by atoms with Crippen molar-refractivity contribution in [2.45, 2.75) is 0 Å². The maximum Gasteiger partial charge on any atom is 0.145 e. The molecule has 0 spiro atoms. The number of benzene rings is 10. The SMILES string of the molecule is c1ccc(-c2ccc(N(c3ccccc3-c3cccc4c3oc3ccccc34)c3ccc4c(oc5ccccc54)c3-c3ccc(-n4c5ccccc5c5ccccc54)cc3)cc2)cc1. The molecule has 0 fully saturated rings. The first-order valence-electron chi connectivity index (χ1n) is 21.8. The van der Waals surface area contributed by atoms with E-state index in [2.05, 4.69) is 222 Å². The number of anilines is 3. The van der Waals surface area contributed by atoms with Crippen molar-refractivity contribution in [2.75, 3.05) is 4.90 Å². The van der Waals surface area contributed by atoms with Crippen molar-refractivity contribution in [3.8, 4) is 39.1 Å². The fourth-order valence-electron chi connectivity index (χ4n) is 9.92. The molecule has 300 valence electrons. The Kier molecular flexibility index (Phi) is 8.18. The Morgan fingerprint density at radius 1 is 0.312 bits per heavy atom. The van der Waals surface area contributed by atoms with E-state index in [4.69, 9.17) is 8.83 Å². The van der Waals surface area contributed by atoms with Gasteiger partial charge in [-0.1, -0.05) is 164 Å². The number of aromatic nitrogens is 1. The molecule has 4 nitrogen and oxygen atoms in total. The Labute approximate surface area is 369 Å². The van der Waals surface area contributed by atoms with Crippen LogP contribution in [0.2, 0.25) is 0 Å². The quantitative estimate of drug-likeness (QED) is 0.161. The molecule has 0 saturated heterocycles. The molecule has 0 amide bonds. The van der Waals surface area contributed by atoms with Crippen molar-refractivity contribution in [3.05, 3.63) is 231 Å². The average molecular weight is 819 g/mol. The monoisotopic (exact) mass is 818 g/mol. The summed E-state index contributed by atoms with van der Waals surface area (Å²) in [6.07, 6.45) is 0. The molecule has 13 aromatic rings. The first-order valence-corrected chi connectivity index (χ1v) is 21.8. The van der Waals surface area contributed by atoms with Gasteiger partial charge >= 0.3 is 0 Å². The standard InChI is InChI=1S/C60H38N2O2/c1-2-15-39(16-3-1)40-29-33-43(34-30-40)62(54-26-11-6-19-46(54)49-22-14-23-50-47-20-7-12-27-56(47)63-59(49)50)55-38-37-51-48-21-8-13-28-57(48)64-60(51)58(55)41-31-35-42(36-32-41)61-52-24-9-4-17-44(52)45-18-5-10-25-53(45)61/h1-38H. The smallest absolute Gasteiger partial charge is 0.145 e. The van der Waals surface area contributed by atoms with E-state index in [1.807, 2.05) is 18.2 Å². The molecule has 3 heterocycles. The van der Waals surface area contributed by atoms with Crippen LogP contribution in [0.3, 0.4) is 0 Å². The number of para-hydroxylation sites is 6. The topological polar surface area (TPSA) is 34.5 Å². The van der Waals surface area contributed by atoms with E-state index in [0.717, 1.165) is 94.4 Å². The summed E-state index contributed by atoms with van der Waals surface area (Å²) in [6, 6.07) is 82.1. The van der Waals surface area contributed by atoms with Gasteiger partial charge in [-0.2, -0.15) is 0 Å². The third-order valence-electron chi connectivity index (χ3n) is 12.8. The summed E-state index contributed by atoms with van der Waals surface area (Å²) in [4.78, 5) is 2.40. The number of rotatable bonds is 7. The molecular formula is C60H38N2O2. The number of hydrogen-bond acceptors (Lipinski definition) is 3. The third kappa shape index (κ3) is 5.63. The van der Waals surface area contributed by atoms with E-state index in [1.165, 1.54) is 27.4 Å².